The summed E-state index contributed by atoms with van der Waals surface area (Å²) in [5.74, 6) is 0. The summed E-state index contributed by atoms with van der Waals surface area (Å²) in [5.41, 5.74) is 0.437. The molecule has 0 aromatic heterocycles. The average Bonchev–Trinajstić information content (AvgIpc) is 2.61. The van der Waals surface area contributed by atoms with E-state index in [1.807, 2.05) is 0 Å². The molecule has 90 valence electrons. The van der Waals surface area contributed by atoms with Gasteiger partial charge >= 0.3 is 0 Å². The molecule has 1 aliphatic rings. The Labute approximate surface area is 103 Å². The Morgan fingerprint density at radius 1 is 1.27 bits per heavy atom. The highest BCUT2D eigenvalue weighted by Crippen LogP contribution is 2.41. The highest BCUT2D eigenvalue weighted by Gasteiger charge is 2.39. The molecule has 1 saturated heterocycles. The van der Waals surface area contributed by atoms with Gasteiger partial charge in [-0.15, -0.1) is 0 Å². The quantitative estimate of drug-likeness (QED) is 0.490. The van der Waals surface area contributed by atoms with E-state index < -0.39 is 0 Å². The molecule has 0 saturated carbocycles. The van der Waals surface area contributed by atoms with Crippen molar-refractivity contribution in [3.05, 3.63) is 0 Å². The van der Waals surface area contributed by atoms with Crippen LogP contribution in [0.5, 0.6) is 0 Å². The predicted octanol–water partition coefficient (Wildman–Crippen LogP) is 4.54. The van der Waals surface area contributed by atoms with E-state index in [0.29, 0.717) is 11.5 Å². The second-order valence-electron chi connectivity index (χ2n) is 4.92. The molecule has 0 N–H and O–H groups in total. The second kappa shape index (κ2) is 6.90. The summed E-state index contributed by atoms with van der Waals surface area (Å²) in [6.45, 7) is 5.47. The molecule has 0 bridgehead atoms. The zero-order valence-corrected chi connectivity index (χ0v) is 11.8. The Kier molecular flexibility index (Phi) is 6.21. The molecule has 0 radical (unpaired) electrons. The summed E-state index contributed by atoms with van der Waals surface area (Å²) < 4.78 is 5.71. The molecule has 0 aromatic rings. The molecular weight excluding hydrogens is 252 g/mol. The molecule has 1 nitrogen and oxygen atoms in total. The van der Waals surface area contributed by atoms with Crippen LogP contribution in [0.2, 0.25) is 0 Å². The first-order valence-corrected chi connectivity index (χ1v) is 7.55. The fourth-order valence-electron chi connectivity index (χ4n) is 2.47. The lowest BCUT2D eigenvalue weighted by Crippen LogP contribution is -2.30. The Balaban J connectivity index is 2.22. The van der Waals surface area contributed by atoms with Gasteiger partial charge in [0.1, 0.15) is 0 Å². The lowest BCUT2D eigenvalue weighted by molar-refractivity contribution is 0.0694. The molecule has 2 unspecified atom stereocenters. The van der Waals surface area contributed by atoms with Gasteiger partial charge in [0.15, 0.2) is 0 Å². The third-order valence-electron chi connectivity index (χ3n) is 3.87. The highest BCUT2D eigenvalue weighted by molar-refractivity contribution is 9.09. The normalized spacial score (nSPS) is 31.0. The van der Waals surface area contributed by atoms with Crippen LogP contribution in [0, 0.1) is 5.41 Å². The SMILES string of the molecule is CCCCCCCC1(CBr)CCOC1C. The van der Waals surface area contributed by atoms with Crippen LogP contribution >= 0.6 is 15.9 Å². The number of unbranched alkanes of at least 4 members (excludes halogenated alkanes) is 4. The van der Waals surface area contributed by atoms with E-state index in [2.05, 4.69) is 29.8 Å². The van der Waals surface area contributed by atoms with Crippen LogP contribution in [-0.4, -0.2) is 18.0 Å². The Morgan fingerprint density at radius 3 is 2.53 bits per heavy atom. The van der Waals surface area contributed by atoms with E-state index in [0.717, 1.165) is 11.9 Å². The number of rotatable bonds is 7. The minimum atomic E-state index is 0.437. The minimum absolute atomic E-state index is 0.437. The van der Waals surface area contributed by atoms with E-state index in [4.69, 9.17) is 4.74 Å². The van der Waals surface area contributed by atoms with E-state index in [-0.39, 0.29) is 0 Å². The number of hydrogen-bond acceptors (Lipinski definition) is 1. The van der Waals surface area contributed by atoms with E-state index in [9.17, 15) is 0 Å². The van der Waals surface area contributed by atoms with Crippen LogP contribution in [0.4, 0.5) is 0 Å². The van der Waals surface area contributed by atoms with Crippen molar-refractivity contribution in [3.8, 4) is 0 Å². The van der Waals surface area contributed by atoms with E-state index in [1.54, 1.807) is 0 Å². The van der Waals surface area contributed by atoms with E-state index in [1.165, 1.54) is 44.9 Å². The summed E-state index contributed by atoms with van der Waals surface area (Å²) in [6, 6.07) is 0. The van der Waals surface area contributed by atoms with Gasteiger partial charge in [-0.2, -0.15) is 0 Å². The second-order valence-corrected chi connectivity index (χ2v) is 5.48. The molecule has 2 atom stereocenters. The van der Waals surface area contributed by atoms with Crippen molar-refractivity contribution in [2.45, 2.75) is 64.9 Å². The van der Waals surface area contributed by atoms with Crippen molar-refractivity contribution < 1.29 is 4.74 Å². The van der Waals surface area contributed by atoms with Crippen LogP contribution in [0.15, 0.2) is 0 Å². The van der Waals surface area contributed by atoms with Crippen molar-refractivity contribution in [2.75, 3.05) is 11.9 Å². The minimum Gasteiger partial charge on any atom is -0.378 e. The van der Waals surface area contributed by atoms with Gasteiger partial charge < -0.3 is 4.74 Å². The lowest BCUT2D eigenvalue weighted by atomic mass is 9.79. The van der Waals surface area contributed by atoms with Gasteiger partial charge in [0.25, 0.3) is 0 Å². The maximum absolute atomic E-state index is 5.71. The van der Waals surface area contributed by atoms with Gasteiger partial charge in [-0.1, -0.05) is 55.0 Å². The number of alkyl halides is 1. The van der Waals surface area contributed by atoms with Gasteiger partial charge in [-0.25, -0.2) is 0 Å². The molecule has 0 aliphatic carbocycles. The first-order valence-electron chi connectivity index (χ1n) is 6.43. The monoisotopic (exact) mass is 276 g/mol. The molecule has 1 heterocycles. The lowest BCUT2D eigenvalue weighted by Gasteiger charge is -2.30. The first-order chi connectivity index (χ1) is 7.25. The summed E-state index contributed by atoms with van der Waals surface area (Å²) in [7, 11) is 0. The Hall–Kier alpha value is 0.440. The van der Waals surface area contributed by atoms with Gasteiger partial charge in [-0.3, -0.25) is 0 Å². The molecule has 0 spiro atoms. The van der Waals surface area contributed by atoms with Gasteiger partial charge in [-0.05, 0) is 19.8 Å². The number of hydrogen-bond donors (Lipinski definition) is 0. The number of ether oxygens (including phenoxy) is 1. The zero-order valence-electron chi connectivity index (χ0n) is 10.2. The van der Waals surface area contributed by atoms with Crippen molar-refractivity contribution in [1.29, 1.82) is 0 Å². The molecule has 0 amide bonds. The molecule has 0 aromatic carbocycles. The summed E-state index contributed by atoms with van der Waals surface area (Å²) in [4.78, 5) is 0. The zero-order chi connectivity index (χ0) is 11.1. The standard InChI is InChI=1S/C13H25BrO/c1-3-4-5-6-7-8-13(11-14)9-10-15-12(13)2/h12H,3-11H2,1-2H3. The summed E-state index contributed by atoms with van der Waals surface area (Å²) >= 11 is 3.68. The van der Waals surface area contributed by atoms with Gasteiger partial charge in [0.2, 0.25) is 0 Å². The first kappa shape index (κ1) is 13.5. The smallest absolute Gasteiger partial charge is 0.0612 e. The Morgan fingerprint density at radius 2 is 2.00 bits per heavy atom. The summed E-state index contributed by atoms with van der Waals surface area (Å²) in [6.07, 6.45) is 9.94. The topological polar surface area (TPSA) is 9.23 Å². The third kappa shape index (κ3) is 3.74. The van der Waals surface area contributed by atoms with Crippen molar-refractivity contribution >= 4 is 15.9 Å². The molecule has 1 aliphatic heterocycles. The molecular formula is C13H25BrO. The van der Waals surface area contributed by atoms with Crippen LogP contribution < -0.4 is 0 Å². The van der Waals surface area contributed by atoms with Crippen LogP contribution in [0.1, 0.15) is 58.8 Å². The molecule has 1 rings (SSSR count). The maximum atomic E-state index is 5.71. The largest absolute Gasteiger partial charge is 0.378 e. The Bertz CT molecular complexity index is 172. The number of halogens is 1. The molecule has 2 heteroatoms. The van der Waals surface area contributed by atoms with Crippen molar-refractivity contribution in [2.24, 2.45) is 5.41 Å². The average molecular weight is 277 g/mol. The highest BCUT2D eigenvalue weighted by atomic mass is 79.9. The molecule has 1 fully saturated rings. The van der Waals surface area contributed by atoms with Gasteiger partial charge in [0.05, 0.1) is 6.10 Å². The van der Waals surface area contributed by atoms with Crippen molar-refractivity contribution in [1.82, 2.24) is 0 Å². The van der Waals surface area contributed by atoms with Crippen molar-refractivity contribution in [3.63, 3.8) is 0 Å². The predicted molar refractivity (Wildman–Crippen MR) is 69.6 cm³/mol. The summed E-state index contributed by atoms with van der Waals surface area (Å²) in [5, 5.41) is 1.11. The molecule has 15 heavy (non-hydrogen) atoms. The fourth-order valence-corrected chi connectivity index (χ4v) is 3.49. The van der Waals surface area contributed by atoms with Crippen LogP contribution in [0.3, 0.4) is 0 Å². The maximum Gasteiger partial charge on any atom is 0.0612 e. The van der Waals surface area contributed by atoms with E-state index >= 15 is 0 Å². The fraction of sp³-hybridized carbons (Fsp3) is 1.00. The van der Waals surface area contributed by atoms with Gasteiger partial charge in [0, 0.05) is 17.4 Å². The van der Waals surface area contributed by atoms with Crippen LogP contribution in [-0.2, 0) is 4.74 Å². The third-order valence-corrected chi connectivity index (χ3v) is 4.99. The van der Waals surface area contributed by atoms with Crippen LogP contribution in [0.25, 0.3) is 0 Å².